The lowest BCUT2D eigenvalue weighted by Crippen LogP contribution is -2.15. The summed E-state index contributed by atoms with van der Waals surface area (Å²) in [4.78, 5) is 0. The van der Waals surface area contributed by atoms with Crippen LogP contribution in [0.2, 0.25) is 0 Å². The maximum Gasteiger partial charge on any atom is 0.0620 e. The zero-order valence-electron chi connectivity index (χ0n) is 21.6. The van der Waals surface area contributed by atoms with Gasteiger partial charge in [-0.2, -0.15) is 0 Å². The van der Waals surface area contributed by atoms with E-state index in [9.17, 15) is 0 Å². The highest BCUT2D eigenvalue weighted by Crippen LogP contribution is 2.53. The van der Waals surface area contributed by atoms with Crippen molar-refractivity contribution in [1.29, 1.82) is 0 Å². The van der Waals surface area contributed by atoms with Crippen LogP contribution in [0.4, 0.5) is 0 Å². The number of hydrogen-bond acceptors (Lipinski definition) is 0. The number of fused-ring (bicyclic) bond motifs is 12. The third kappa shape index (κ3) is 2.12. The summed E-state index contributed by atoms with van der Waals surface area (Å²) in [7, 11) is 0. The molecule has 0 bridgehead atoms. The first-order valence-corrected chi connectivity index (χ1v) is 13.4. The molecule has 0 amide bonds. The molecule has 0 saturated heterocycles. The van der Waals surface area contributed by atoms with Crippen LogP contribution in [0.5, 0.6) is 0 Å². The van der Waals surface area contributed by atoms with Crippen molar-refractivity contribution in [3.8, 4) is 22.3 Å². The molecule has 0 spiro atoms. The molecular weight excluding hydrogens is 446 g/mol. The van der Waals surface area contributed by atoms with Gasteiger partial charge in [-0.05, 0) is 68.8 Å². The van der Waals surface area contributed by atoms with Crippen LogP contribution in [0.25, 0.3) is 60.3 Å². The first-order chi connectivity index (χ1) is 17.9. The Balaban J connectivity index is 1.46. The van der Waals surface area contributed by atoms with Crippen LogP contribution in [-0.2, 0) is 10.8 Å². The molecule has 1 nitrogen and oxygen atoms in total. The molecule has 0 radical (unpaired) electrons. The van der Waals surface area contributed by atoms with E-state index >= 15 is 0 Å². The molecule has 7 aromatic rings. The Bertz CT molecular complexity index is 1990. The van der Waals surface area contributed by atoms with Crippen molar-refractivity contribution < 1.29 is 0 Å². The monoisotopic (exact) mass is 473 g/mol. The number of nitrogens with zero attached hydrogens (tertiary/aromatic N) is 1. The summed E-state index contributed by atoms with van der Waals surface area (Å²) in [5, 5.41) is 5.43. The third-order valence-corrected chi connectivity index (χ3v) is 9.72. The summed E-state index contributed by atoms with van der Waals surface area (Å²) >= 11 is 0. The van der Waals surface area contributed by atoms with Crippen molar-refractivity contribution in [2.24, 2.45) is 0 Å². The number of benzene rings is 5. The number of aromatic nitrogens is 1. The molecule has 176 valence electrons. The van der Waals surface area contributed by atoms with Crippen LogP contribution in [-0.4, -0.2) is 4.40 Å². The van der Waals surface area contributed by atoms with Gasteiger partial charge >= 0.3 is 0 Å². The van der Waals surface area contributed by atoms with E-state index in [0.717, 1.165) is 0 Å². The van der Waals surface area contributed by atoms with E-state index in [-0.39, 0.29) is 10.8 Å². The van der Waals surface area contributed by atoms with Crippen LogP contribution >= 0.6 is 0 Å². The zero-order valence-corrected chi connectivity index (χ0v) is 21.6. The Hall–Kier alpha value is -4.10. The van der Waals surface area contributed by atoms with Gasteiger partial charge in [0, 0.05) is 32.4 Å². The van der Waals surface area contributed by atoms with Gasteiger partial charge in [0.1, 0.15) is 0 Å². The molecule has 0 N–H and O–H groups in total. The second-order valence-electron chi connectivity index (χ2n) is 12.2. The molecule has 1 heteroatoms. The number of rotatable bonds is 0. The lowest BCUT2D eigenvalue weighted by Gasteiger charge is -2.22. The Morgan fingerprint density at radius 2 is 0.892 bits per heavy atom. The van der Waals surface area contributed by atoms with Gasteiger partial charge < -0.3 is 4.40 Å². The molecule has 2 heterocycles. The minimum absolute atomic E-state index is 0.0112. The van der Waals surface area contributed by atoms with Crippen molar-refractivity contribution in [3.05, 3.63) is 113 Å². The Labute approximate surface area is 216 Å². The Kier molecular flexibility index (Phi) is 3.28. The predicted octanol–water partition coefficient (Wildman–Crippen LogP) is 9.45. The zero-order chi connectivity index (χ0) is 24.8. The molecule has 2 aromatic heterocycles. The molecular formula is C36H27N. The van der Waals surface area contributed by atoms with Gasteiger partial charge in [-0.25, -0.2) is 0 Å². The second kappa shape index (κ2) is 6.06. The molecule has 0 fully saturated rings. The van der Waals surface area contributed by atoms with Crippen molar-refractivity contribution in [3.63, 3.8) is 0 Å². The van der Waals surface area contributed by atoms with Crippen LogP contribution in [0, 0.1) is 0 Å². The van der Waals surface area contributed by atoms with Gasteiger partial charge in [0.05, 0.1) is 16.6 Å². The first-order valence-electron chi connectivity index (χ1n) is 13.4. The fourth-order valence-corrected chi connectivity index (χ4v) is 7.86. The highest BCUT2D eigenvalue weighted by atomic mass is 14.9. The summed E-state index contributed by atoms with van der Waals surface area (Å²) < 4.78 is 2.56. The molecule has 9 rings (SSSR count). The quantitative estimate of drug-likeness (QED) is 0.207. The first kappa shape index (κ1) is 20.0. The van der Waals surface area contributed by atoms with Crippen molar-refractivity contribution in [2.75, 3.05) is 0 Å². The second-order valence-corrected chi connectivity index (χ2v) is 12.2. The van der Waals surface area contributed by atoms with Gasteiger partial charge in [0.2, 0.25) is 0 Å². The molecule has 0 atom stereocenters. The normalized spacial score (nSPS) is 16.5. The van der Waals surface area contributed by atoms with E-state index in [1.54, 1.807) is 0 Å². The average Bonchev–Trinajstić information content (AvgIpc) is 3.56. The van der Waals surface area contributed by atoms with Gasteiger partial charge in [0.25, 0.3) is 0 Å². The highest BCUT2D eigenvalue weighted by molar-refractivity contribution is 6.24. The fourth-order valence-electron chi connectivity index (χ4n) is 7.86. The fraction of sp³-hybridized carbons (Fsp3) is 0.167. The van der Waals surface area contributed by atoms with E-state index in [1.165, 1.54) is 82.6 Å². The van der Waals surface area contributed by atoms with Crippen molar-refractivity contribution in [2.45, 2.75) is 38.5 Å². The van der Waals surface area contributed by atoms with Gasteiger partial charge in [-0.3, -0.25) is 0 Å². The van der Waals surface area contributed by atoms with Gasteiger partial charge in [-0.15, -0.1) is 0 Å². The van der Waals surface area contributed by atoms with Crippen LogP contribution < -0.4 is 0 Å². The topological polar surface area (TPSA) is 4.41 Å². The summed E-state index contributed by atoms with van der Waals surface area (Å²) in [6.45, 7) is 9.51. The lowest BCUT2D eigenvalue weighted by atomic mass is 9.82. The Morgan fingerprint density at radius 3 is 1.38 bits per heavy atom. The van der Waals surface area contributed by atoms with E-state index in [0.29, 0.717) is 0 Å². The molecule has 0 aliphatic heterocycles. The average molecular weight is 474 g/mol. The summed E-state index contributed by atoms with van der Waals surface area (Å²) in [6.07, 6.45) is 0. The third-order valence-electron chi connectivity index (χ3n) is 9.72. The van der Waals surface area contributed by atoms with Crippen LogP contribution in [0.15, 0.2) is 91.0 Å². The van der Waals surface area contributed by atoms with E-state index in [2.05, 4.69) is 123 Å². The number of para-hydroxylation sites is 1. The SMILES string of the molecule is CC1(C)c2ccccc2-c2cc3c4cccc5c6cc7c(cc6n(c3cc21)c45)C(C)(C)c1ccccc1-7. The molecule has 0 unspecified atom stereocenters. The standard InChI is InChI=1S/C36H27N/c1-35(2)28-14-7-5-10-20(28)24-16-26-22-12-9-13-23-27-17-25-21-11-6-8-15-29(21)36(3,4)31(25)19-33(27)37(34(22)23)32(26)18-30(24)35/h5-19H,1-4H3. The predicted molar refractivity (Wildman–Crippen MR) is 156 cm³/mol. The van der Waals surface area contributed by atoms with E-state index in [1.807, 2.05) is 0 Å². The molecule has 2 aliphatic rings. The van der Waals surface area contributed by atoms with E-state index < -0.39 is 0 Å². The Morgan fingerprint density at radius 1 is 0.432 bits per heavy atom. The van der Waals surface area contributed by atoms with Crippen LogP contribution in [0.3, 0.4) is 0 Å². The molecule has 0 saturated carbocycles. The molecule has 2 aliphatic carbocycles. The number of hydrogen-bond donors (Lipinski definition) is 0. The highest BCUT2D eigenvalue weighted by Gasteiger charge is 2.38. The minimum Gasteiger partial charge on any atom is -0.308 e. The van der Waals surface area contributed by atoms with Crippen molar-refractivity contribution in [1.82, 2.24) is 4.40 Å². The largest absolute Gasteiger partial charge is 0.308 e. The smallest absolute Gasteiger partial charge is 0.0620 e. The van der Waals surface area contributed by atoms with Crippen molar-refractivity contribution >= 4 is 38.1 Å². The van der Waals surface area contributed by atoms with Gasteiger partial charge in [-0.1, -0.05) is 94.4 Å². The van der Waals surface area contributed by atoms with E-state index in [4.69, 9.17) is 0 Å². The summed E-state index contributed by atoms with van der Waals surface area (Å²) in [6, 6.07) is 34.7. The minimum atomic E-state index is -0.0112. The molecule has 5 aromatic carbocycles. The lowest BCUT2D eigenvalue weighted by molar-refractivity contribution is 0.661. The summed E-state index contributed by atoms with van der Waals surface area (Å²) in [5.41, 5.74) is 15.3. The summed E-state index contributed by atoms with van der Waals surface area (Å²) in [5.74, 6) is 0. The van der Waals surface area contributed by atoms with Crippen LogP contribution in [0.1, 0.15) is 49.9 Å². The maximum atomic E-state index is 2.56. The van der Waals surface area contributed by atoms with Gasteiger partial charge in [0.15, 0.2) is 0 Å². The maximum absolute atomic E-state index is 2.56. The molecule has 37 heavy (non-hydrogen) atoms.